The van der Waals surface area contributed by atoms with Crippen LogP contribution in [-0.4, -0.2) is 68.1 Å². The average Bonchev–Trinajstić information content (AvgIpc) is 3.52. The molecule has 0 aliphatic carbocycles. The Labute approximate surface area is 220 Å². The second kappa shape index (κ2) is 10.1. The van der Waals surface area contributed by atoms with Crippen molar-refractivity contribution in [3.63, 3.8) is 0 Å². The predicted molar refractivity (Wildman–Crippen MR) is 139 cm³/mol. The Balaban J connectivity index is 1.43. The first-order valence-corrected chi connectivity index (χ1v) is 13.3. The van der Waals surface area contributed by atoms with Crippen LogP contribution in [0.3, 0.4) is 0 Å². The summed E-state index contributed by atoms with van der Waals surface area (Å²) in [5, 5.41) is 22.7. The molecule has 202 valence electrons. The SMILES string of the molecule is C=C(O)Cn1cc(-c2cc3c(cc2C(F)F)N(c2nn(C4CCOCC4)c4c2CN(C)CC4)CCC3)nn1. The minimum atomic E-state index is -2.68. The number of halogens is 2. The molecule has 0 amide bonds. The monoisotopic (exact) mass is 525 g/mol. The molecule has 5 heterocycles. The highest BCUT2D eigenvalue weighted by Gasteiger charge is 2.33. The van der Waals surface area contributed by atoms with Crippen molar-refractivity contribution in [2.75, 3.05) is 38.3 Å². The summed E-state index contributed by atoms with van der Waals surface area (Å²) in [6.45, 7) is 7.49. The second-order valence-electron chi connectivity index (χ2n) is 10.5. The first-order valence-electron chi connectivity index (χ1n) is 13.3. The minimum absolute atomic E-state index is 0.0606. The lowest BCUT2D eigenvalue weighted by molar-refractivity contribution is 0.0651. The number of hydrogen-bond donors (Lipinski definition) is 1. The zero-order valence-corrected chi connectivity index (χ0v) is 21.6. The van der Waals surface area contributed by atoms with Crippen LogP contribution in [0.15, 0.2) is 30.7 Å². The summed E-state index contributed by atoms with van der Waals surface area (Å²) in [7, 11) is 2.11. The molecule has 3 aliphatic rings. The Morgan fingerprint density at radius 2 is 2.03 bits per heavy atom. The Kier molecular flexibility index (Phi) is 6.65. The number of alkyl halides is 2. The Morgan fingerprint density at radius 3 is 2.79 bits per heavy atom. The molecule has 0 bridgehead atoms. The molecule has 0 saturated carbocycles. The maximum absolute atomic E-state index is 14.4. The molecule has 2 aromatic heterocycles. The van der Waals surface area contributed by atoms with Crippen molar-refractivity contribution >= 4 is 11.5 Å². The standard InChI is InChI=1S/C27H33F2N7O2/c1-17(37)14-34-16-23(30-32-34)20-12-18-4-3-8-35(25(18)13-21(20)26(28)29)27-22-15-33(2)9-5-24(22)36(31-27)19-6-10-38-11-7-19/h12-13,16,19,26,37H,1,3-11,14-15H2,2H3. The molecule has 1 fully saturated rings. The number of nitrogens with zero attached hydrogens (tertiary/aromatic N) is 7. The fourth-order valence-electron chi connectivity index (χ4n) is 5.97. The number of ether oxygens (including phenoxy) is 1. The van der Waals surface area contributed by atoms with E-state index >= 15 is 0 Å². The van der Waals surface area contributed by atoms with E-state index in [1.54, 1.807) is 12.3 Å². The van der Waals surface area contributed by atoms with Crippen LogP contribution in [0, 0.1) is 0 Å². The number of aromatic nitrogens is 5. The van der Waals surface area contributed by atoms with Crippen molar-refractivity contribution in [2.45, 2.75) is 57.7 Å². The van der Waals surface area contributed by atoms with Gasteiger partial charge in [-0.3, -0.25) is 4.68 Å². The number of aliphatic hydroxyl groups excluding tert-OH is 1. The first-order chi connectivity index (χ1) is 18.4. The van der Waals surface area contributed by atoms with Gasteiger partial charge in [0.2, 0.25) is 0 Å². The molecule has 38 heavy (non-hydrogen) atoms. The van der Waals surface area contributed by atoms with E-state index in [9.17, 15) is 13.9 Å². The molecule has 3 aromatic rings. The maximum Gasteiger partial charge on any atom is 0.264 e. The number of aryl methyl sites for hydroxylation is 1. The van der Waals surface area contributed by atoms with Gasteiger partial charge in [-0.25, -0.2) is 13.5 Å². The number of hydrogen-bond acceptors (Lipinski definition) is 7. The van der Waals surface area contributed by atoms with Gasteiger partial charge in [-0.1, -0.05) is 11.8 Å². The van der Waals surface area contributed by atoms with Crippen molar-refractivity contribution in [3.05, 3.63) is 53.1 Å². The highest BCUT2D eigenvalue weighted by atomic mass is 19.3. The lowest BCUT2D eigenvalue weighted by Crippen LogP contribution is -2.30. The molecule has 9 nitrogen and oxygen atoms in total. The summed E-state index contributed by atoms with van der Waals surface area (Å²) in [5.74, 6) is 0.810. The van der Waals surface area contributed by atoms with Crippen LogP contribution in [0.1, 0.15) is 54.1 Å². The molecular formula is C27H33F2N7O2. The normalized spacial score (nSPS) is 18.6. The van der Waals surface area contributed by atoms with Crippen molar-refractivity contribution < 1.29 is 18.6 Å². The van der Waals surface area contributed by atoms with Crippen LogP contribution in [0.2, 0.25) is 0 Å². The Morgan fingerprint density at radius 1 is 1.21 bits per heavy atom. The van der Waals surface area contributed by atoms with E-state index in [-0.39, 0.29) is 17.9 Å². The van der Waals surface area contributed by atoms with Gasteiger partial charge in [-0.15, -0.1) is 5.10 Å². The quantitative estimate of drug-likeness (QED) is 0.472. The predicted octanol–water partition coefficient (Wildman–Crippen LogP) is 4.57. The van der Waals surface area contributed by atoms with E-state index < -0.39 is 6.43 Å². The topological polar surface area (TPSA) is 84.5 Å². The lowest BCUT2D eigenvalue weighted by Gasteiger charge is -2.32. The van der Waals surface area contributed by atoms with Gasteiger partial charge >= 0.3 is 0 Å². The number of aliphatic hydroxyl groups is 1. The number of rotatable bonds is 6. The van der Waals surface area contributed by atoms with Crippen LogP contribution >= 0.6 is 0 Å². The highest BCUT2D eigenvalue weighted by Crippen LogP contribution is 2.43. The molecule has 1 saturated heterocycles. The third-order valence-corrected chi connectivity index (χ3v) is 7.81. The zero-order valence-electron chi connectivity index (χ0n) is 21.6. The van der Waals surface area contributed by atoms with Crippen molar-refractivity contribution in [3.8, 4) is 11.3 Å². The third-order valence-electron chi connectivity index (χ3n) is 7.81. The van der Waals surface area contributed by atoms with E-state index in [0.717, 1.165) is 82.0 Å². The molecule has 6 rings (SSSR count). The largest absolute Gasteiger partial charge is 0.511 e. The van der Waals surface area contributed by atoms with Gasteiger partial charge in [-0.2, -0.15) is 5.10 Å². The molecule has 0 radical (unpaired) electrons. The number of allylic oxidation sites excluding steroid dienone is 1. The van der Waals surface area contributed by atoms with E-state index in [1.165, 1.54) is 15.9 Å². The number of anilines is 2. The summed E-state index contributed by atoms with van der Waals surface area (Å²) in [6, 6.07) is 3.75. The van der Waals surface area contributed by atoms with Gasteiger partial charge in [0.05, 0.1) is 18.8 Å². The third kappa shape index (κ3) is 4.58. The van der Waals surface area contributed by atoms with E-state index in [4.69, 9.17) is 9.84 Å². The molecule has 3 aliphatic heterocycles. The number of fused-ring (bicyclic) bond motifs is 2. The Hall–Kier alpha value is -3.31. The smallest absolute Gasteiger partial charge is 0.264 e. The van der Waals surface area contributed by atoms with E-state index in [1.807, 2.05) is 6.07 Å². The summed E-state index contributed by atoms with van der Waals surface area (Å²) in [6.07, 6.45) is 3.35. The second-order valence-corrected chi connectivity index (χ2v) is 10.5. The van der Waals surface area contributed by atoms with Crippen LogP contribution in [-0.2, 0) is 30.7 Å². The van der Waals surface area contributed by atoms with Gasteiger partial charge in [-0.05, 0) is 50.4 Å². The highest BCUT2D eigenvalue weighted by molar-refractivity contribution is 5.75. The average molecular weight is 526 g/mol. The molecule has 0 unspecified atom stereocenters. The van der Waals surface area contributed by atoms with Gasteiger partial charge in [0.15, 0.2) is 5.82 Å². The number of likely N-dealkylation sites (N-methyl/N-ethyl adjacent to an activating group) is 1. The van der Waals surface area contributed by atoms with E-state index in [2.05, 4.69) is 38.4 Å². The molecule has 0 spiro atoms. The van der Waals surface area contributed by atoms with Crippen LogP contribution < -0.4 is 4.90 Å². The summed E-state index contributed by atoms with van der Waals surface area (Å²) in [4.78, 5) is 4.44. The van der Waals surface area contributed by atoms with Crippen molar-refractivity contribution in [1.29, 1.82) is 0 Å². The van der Waals surface area contributed by atoms with Gasteiger partial charge in [0.25, 0.3) is 6.43 Å². The molecular weight excluding hydrogens is 492 g/mol. The van der Waals surface area contributed by atoms with Gasteiger partial charge in [0, 0.05) is 67.3 Å². The molecule has 11 heteroatoms. The van der Waals surface area contributed by atoms with E-state index in [0.29, 0.717) is 17.3 Å². The van der Waals surface area contributed by atoms with Gasteiger partial charge < -0.3 is 19.6 Å². The Bertz CT molecular complexity index is 1350. The molecule has 1 aromatic carbocycles. The fraction of sp³-hybridized carbons (Fsp3) is 0.519. The summed E-state index contributed by atoms with van der Waals surface area (Å²) < 4.78 is 38.1. The summed E-state index contributed by atoms with van der Waals surface area (Å²) in [5.41, 5.74) is 4.89. The van der Waals surface area contributed by atoms with Crippen LogP contribution in [0.25, 0.3) is 11.3 Å². The molecule has 0 atom stereocenters. The van der Waals surface area contributed by atoms with Crippen molar-refractivity contribution in [2.24, 2.45) is 0 Å². The zero-order chi connectivity index (χ0) is 26.4. The number of benzene rings is 1. The summed E-state index contributed by atoms with van der Waals surface area (Å²) >= 11 is 0. The first kappa shape index (κ1) is 25.0. The molecule has 1 N–H and O–H groups in total. The van der Waals surface area contributed by atoms with Gasteiger partial charge in [0.1, 0.15) is 11.5 Å². The minimum Gasteiger partial charge on any atom is -0.511 e. The lowest BCUT2D eigenvalue weighted by atomic mass is 9.93. The van der Waals surface area contributed by atoms with Crippen molar-refractivity contribution in [1.82, 2.24) is 29.7 Å². The fourth-order valence-corrected chi connectivity index (χ4v) is 5.97. The maximum atomic E-state index is 14.4. The van der Waals surface area contributed by atoms with Crippen LogP contribution in [0.5, 0.6) is 0 Å². The van der Waals surface area contributed by atoms with Crippen LogP contribution in [0.4, 0.5) is 20.3 Å².